The highest BCUT2D eigenvalue weighted by Crippen LogP contribution is 2.30. The van der Waals surface area contributed by atoms with Gasteiger partial charge in [0.2, 0.25) is 0 Å². The van der Waals surface area contributed by atoms with Gasteiger partial charge < -0.3 is 15.3 Å². The second-order valence-corrected chi connectivity index (χ2v) is 5.76. The van der Waals surface area contributed by atoms with Gasteiger partial charge >= 0.3 is 0 Å². The van der Waals surface area contributed by atoms with E-state index in [0.29, 0.717) is 6.54 Å². The number of anilines is 1. The molecule has 2 atom stereocenters. The van der Waals surface area contributed by atoms with Gasteiger partial charge in [0.05, 0.1) is 5.60 Å². The third-order valence-corrected chi connectivity index (χ3v) is 3.74. The van der Waals surface area contributed by atoms with Crippen molar-refractivity contribution in [2.24, 2.45) is 0 Å². The lowest BCUT2D eigenvalue weighted by molar-refractivity contribution is 0.0839. The van der Waals surface area contributed by atoms with Gasteiger partial charge in [-0.1, -0.05) is 13.0 Å². The van der Waals surface area contributed by atoms with Crippen LogP contribution in [0, 0.1) is 0 Å². The molecule has 4 heteroatoms. The van der Waals surface area contributed by atoms with Crippen molar-refractivity contribution in [1.29, 1.82) is 0 Å². The monoisotopic (exact) mass is 263 g/mol. The molecule has 2 N–H and O–H groups in total. The molecule has 0 bridgehead atoms. The van der Waals surface area contributed by atoms with Crippen molar-refractivity contribution >= 4 is 5.82 Å². The summed E-state index contributed by atoms with van der Waals surface area (Å²) in [7, 11) is 0. The number of hydrogen-bond donors (Lipinski definition) is 2. The van der Waals surface area contributed by atoms with Crippen LogP contribution in [0.5, 0.6) is 0 Å². The maximum absolute atomic E-state index is 10.1. The van der Waals surface area contributed by atoms with Crippen LogP contribution < -0.4 is 10.2 Å². The van der Waals surface area contributed by atoms with E-state index in [1.54, 1.807) is 0 Å². The van der Waals surface area contributed by atoms with E-state index in [0.717, 1.165) is 31.7 Å². The zero-order valence-electron chi connectivity index (χ0n) is 12.2. The van der Waals surface area contributed by atoms with Crippen LogP contribution in [-0.4, -0.2) is 35.3 Å². The van der Waals surface area contributed by atoms with Crippen molar-refractivity contribution in [3.8, 4) is 0 Å². The van der Waals surface area contributed by atoms with Crippen LogP contribution in [0.15, 0.2) is 18.3 Å². The highest BCUT2D eigenvalue weighted by molar-refractivity contribution is 5.49. The summed E-state index contributed by atoms with van der Waals surface area (Å²) in [6.45, 7) is 8.78. The van der Waals surface area contributed by atoms with Crippen LogP contribution >= 0.6 is 0 Å². The Morgan fingerprint density at radius 2 is 2.37 bits per heavy atom. The van der Waals surface area contributed by atoms with Crippen molar-refractivity contribution in [2.45, 2.75) is 45.3 Å². The average molecular weight is 263 g/mol. The predicted octanol–water partition coefficient (Wildman–Crippen LogP) is 2.10. The van der Waals surface area contributed by atoms with E-state index in [1.807, 2.05) is 19.2 Å². The summed E-state index contributed by atoms with van der Waals surface area (Å²) in [5.41, 5.74) is 0.628. The lowest BCUT2D eigenvalue weighted by Gasteiger charge is -2.25. The molecule has 2 heterocycles. The zero-order chi connectivity index (χ0) is 13.9. The van der Waals surface area contributed by atoms with Crippen molar-refractivity contribution in [3.05, 3.63) is 23.9 Å². The minimum atomic E-state index is -0.588. The Morgan fingerprint density at radius 3 is 3.00 bits per heavy atom. The fourth-order valence-corrected chi connectivity index (χ4v) is 2.61. The lowest BCUT2D eigenvalue weighted by atomic mass is 10.1. The molecule has 2 unspecified atom stereocenters. The van der Waals surface area contributed by atoms with E-state index in [9.17, 15) is 5.11 Å². The molecule has 2 rings (SSSR count). The number of aliphatic hydroxyl groups is 1. The van der Waals surface area contributed by atoms with Crippen LogP contribution in [0.1, 0.15) is 45.2 Å². The first-order valence-electron chi connectivity index (χ1n) is 7.19. The predicted molar refractivity (Wildman–Crippen MR) is 78.4 cm³/mol. The standard InChI is InChI=1S/C15H25N3O/c1-4-8-16-12(2)13-6-5-9-17-14(13)18-10-7-15(3,19)11-18/h5-6,9,12,16,19H,4,7-8,10-11H2,1-3H3. The Bertz CT molecular complexity index is 420. The molecule has 0 amide bonds. The van der Waals surface area contributed by atoms with E-state index in [2.05, 4.69) is 35.1 Å². The molecule has 0 spiro atoms. The first-order chi connectivity index (χ1) is 9.03. The second kappa shape index (κ2) is 5.88. The number of pyridine rings is 1. The summed E-state index contributed by atoms with van der Waals surface area (Å²) >= 11 is 0. The molecule has 1 saturated heterocycles. The molecular weight excluding hydrogens is 238 g/mol. The van der Waals surface area contributed by atoms with Crippen LogP contribution in [0.25, 0.3) is 0 Å². The molecule has 106 valence electrons. The summed E-state index contributed by atoms with van der Waals surface area (Å²) < 4.78 is 0. The van der Waals surface area contributed by atoms with Crippen LogP contribution in [0.3, 0.4) is 0 Å². The van der Waals surface area contributed by atoms with Gasteiger partial charge in [-0.05, 0) is 39.3 Å². The second-order valence-electron chi connectivity index (χ2n) is 5.76. The average Bonchev–Trinajstić information content (AvgIpc) is 2.76. The number of hydrogen-bond acceptors (Lipinski definition) is 4. The highest BCUT2D eigenvalue weighted by Gasteiger charge is 2.33. The molecule has 1 aromatic heterocycles. The lowest BCUT2D eigenvalue weighted by Crippen LogP contribution is -2.31. The highest BCUT2D eigenvalue weighted by atomic mass is 16.3. The van der Waals surface area contributed by atoms with Gasteiger partial charge in [-0.15, -0.1) is 0 Å². The van der Waals surface area contributed by atoms with Gasteiger partial charge in [0.1, 0.15) is 5.82 Å². The molecule has 0 aliphatic carbocycles. The van der Waals surface area contributed by atoms with Crippen LogP contribution in [-0.2, 0) is 0 Å². The normalized spacial score (nSPS) is 24.7. The van der Waals surface area contributed by atoms with Crippen molar-refractivity contribution in [1.82, 2.24) is 10.3 Å². The van der Waals surface area contributed by atoms with Crippen LogP contribution in [0.4, 0.5) is 5.82 Å². The molecule has 1 aliphatic rings. The Kier molecular flexibility index (Phi) is 4.42. The number of β-amino-alcohol motifs (C(OH)–C–C–N with tert-alkyl or cyclic N) is 1. The Morgan fingerprint density at radius 1 is 1.58 bits per heavy atom. The van der Waals surface area contributed by atoms with E-state index < -0.39 is 5.60 Å². The summed E-state index contributed by atoms with van der Waals surface area (Å²) in [4.78, 5) is 6.72. The Balaban J connectivity index is 2.17. The number of rotatable bonds is 5. The van der Waals surface area contributed by atoms with Gasteiger partial charge in [0, 0.05) is 30.9 Å². The maximum atomic E-state index is 10.1. The first-order valence-corrected chi connectivity index (χ1v) is 7.19. The fraction of sp³-hybridized carbons (Fsp3) is 0.667. The zero-order valence-corrected chi connectivity index (χ0v) is 12.2. The molecule has 4 nitrogen and oxygen atoms in total. The van der Waals surface area contributed by atoms with Gasteiger partial charge in [-0.3, -0.25) is 0 Å². The largest absolute Gasteiger partial charge is 0.388 e. The fourth-order valence-electron chi connectivity index (χ4n) is 2.61. The molecule has 0 saturated carbocycles. The quantitative estimate of drug-likeness (QED) is 0.854. The molecule has 1 aromatic rings. The maximum Gasteiger partial charge on any atom is 0.133 e. The van der Waals surface area contributed by atoms with Crippen molar-refractivity contribution in [3.63, 3.8) is 0 Å². The number of nitrogens with zero attached hydrogens (tertiary/aromatic N) is 2. The summed E-state index contributed by atoms with van der Waals surface area (Å²) in [5.74, 6) is 1.01. The van der Waals surface area contributed by atoms with Crippen LogP contribution in [0.2, 0.25) is 0 Å². The Labute approximate surface area is 115 Å². The smallest absolute Gasteiger partial charge is 0.133 e. The van der Waals surface area contributed by atoms with E-state index in [1.165, 1.54) is 5.56 Å². The van der Waals surface area contributed by atoms with E-state index in [4.69, 9.17) is 0 Å². The number of aromatic nitrogens is 1. The Hall–Kier alpha value is -1.13. The van der Waals surface area contributed by atoms with Gasteiger partial charge in [0.15, 0.2) is 0 Å². The van der Waals surface area contributed by atoms with Gasteiger partial charge in [-0.2, -0.15) is 0 Å². The summed E-state index contributed by atoms with van der Waals surface area (Å²) in [6, 6.07) is 4.40. The van der Waals surface area contributed by atoms with Crippen molar-refractivity contribution in [2.75, 3.05) is 24.5 Å². The third-order valence-electron chi connectivity index (χ3n) is 3.74. The molecule has 19 heavy (non-hydrogen) atoms. The molecule has 1 aliphatic heterocycles. The van der Waals surface area contributed by atoms with E-state index >= 15 is 0 Å². The molecule has 0 radical (unpaired) electrons. The van der Waals surface area contributed by atoms with Gasteiger partial charge in [0.25, 0.3) is 0 Å². The minimum Gasteiger partial charge on any atom is -0.388 e. The van der Waals surface area contributed by atoms with Gasteiger partial charge in [-0.25, -0.2) is 4.98 Å². The minimum absolute atomic E-state index is 0.286. The molecule has 0 aromatic carbocycles. The summed E-state index contributed by atoms with van der Waals surface area (Å²) in [6.07, 6.45) is 3.76. The molecule has 1 fully saturated rings. The van der Waals surface area contributed by atoms with E-state index in [-0.39, 0.29) is 6.04 Å². The van der Waals surface area contributed by atoms with Crippen molar-refractivity contribution < 1.29 is 5.11 Å². The topological polar surface area (TPSA) is 48.4 Å². The summed E-state index contributed by atoms with van der Waals surface area (Å²) in [5, 5.41) is 13.6. The third kappa shape index (κ3) is 3.45. The molecular formula is C15H25N3O. The SMILES string of the molecule is CCCNC(C)c1cccnc1N1CCC(C)(O)C1. The number of nitrogens with one attached hydrogen (secondary N) is 1. The first kappa shape index (κ1) is 14.3.